The molecule has 26 heavy (non-hydrogen) atoms. The standard InChI is InChI=1S/C22H25N3O/c1-26-19-12-10-17(11-13-19)14-23-21-8-5-9-22-20(21)15-24-25(22)16-18-6-3-2-4-7-18/h2-4,6-7,10-13,15,21,23H,5,8-9,14,16H2,1H3/t21-/m0/s1. The summed E-state index contributed by atoms with van der Waals surface area (Å²) in [4.78, 5) is 0. The Hall–Kier alpha value is -2.59. The quantitative estimate of drug-likeness (QED) is 0.729. The number of nitrogens with one attached hydrogen (secondary N) is 1. The average molecular weight is 347 g/mol. The molecule has 1 heterocycles. The number of hydrogen-bond acceptors (Lipinski definition) is 3. The second-order valence-corrected chi connectivity index (χ2v) is 6.86. The Kier molecular flexibility index (Phi) is 5.02. The van der Waals surface area contributed by atoms with Crippen LogP contribution >= 0.6 is 0 Å². The van der Waals surface area contributed by atoms with Crippen molar-refractivity contribution in [3.8, 4) is 5.75 Å². The van der Waals surface area contributed by atoms with Gasteiger partial charge in [0, 0.05) is 23.8 Å². The van der Waals surface area contributed by atoms with E-state index < -0.39 is 0 Å². The summed E-state index contributed by atoms with van der Waals surface area (Å²) in [7, 11) is 1.70. The van der Waals surface area contributed by atoms with Crippen molar-refractivity contribution in [3.05, 3.63) is 83.2 Å². The molecule has 0 aliphatic heterocycles. The number of ether oxygens (including phenoxy) is 1. The largest absolute Gasteiger partial charge is 0.497 e. The van der Waals surface area contributed by atoms with Crippen molar-refractivity contribution < 1.29 is 4.74 Å². The van der Waals surface area contributed by atoms with Crippen LogP contribution in [0.1, 0.15) is 41.3 Å². The molecule has 4 heteroatoms. The first kappa shape index (κ1) is 16.9. The highest BCUT2D eigenvalue weighted by Gasteiger charge is 2.23. The minimum Gasteiger partial charge on any atom is -0.497 e. The van der Waals surface area contributed by atoms with Gasteiger partial charge in [-0.1, -0.05) is 42.5 Å². The van der Waals surface area contributed by atoms with Crippen molar-refractivity contribution in [2.75, 3.05) is 7.11 Å². The predicted octanol–water partition coefficient (Wildman–Crippen LogP) is 4.11. The Morgan fingerprint density at radius 2 is 1.88 bits per heavy atom. The van der Waals surface area contributed by atoms with E-state index in [1.165, 1.54) is 35.2 Å². The smallest absolute Gasteiger partial charge is 0.118 e. The summed E-state index contributed by atoms with van der Waals surface area (Å²) in [5.41, 5.74) is 5.31. The van der Waals surface area contributed by atoms with E-state index >= 15 is 0 Å². The fourth-order valence-corrected chi connectivity index (χ4v) is 3.71. The van der Waals surface area contributed by atoms with Crippen LogP contribution in [0.25, 0.3) is 0 Å². The molecule has 0 amide bonds. The lowest BCUT2D eigenvalue weighted by Gasteiger charge is -2.24. The van der Waals surface area contributed by atoms with Crippen molar-refractivity contribution in [3.63, 3.8) is 0 Å². The van der Waals surface area contributed by atoms with E-state index in [1.54, 1.807) is 7.11 Å². The zero-order valence-electron chi connectivity index (χ0n) is 15.2. The van der Waals surface area contributed by atoms with Gasteiger partial charge in [0.1, 0.15) is 5.75 Å². The summed E-state index contributed by atoms with van der Waals surface area (Å²) in [6, 6.07) is 19.2. The number of fused-ring (bicyclic) bond motifs is 1. The minimum absolute atomic E-state index is 0.380. The van der Waals surface area contributed by atoms with E-state index in [1.807, 2.05) is 12.1 Å². The maximum atomic E-state index is 5.23. The number of benzene rings is 2. The van der Waals surface area contributed by atoms with Crippen LogP contribution in [0.3, 0.4) is 0 Å². The summed E-state index contributed by atoms with van der Waals surface area (Å²) in [6.45, 7) is 1.71. The van der Waals surface area contributed by atoms with Crippen LogP contribution in [0.4, 0.5) is 0 Å². The number of nitrogens with zero attached hydrogens (tertiary/aromatic N) is 2. The van der Waals surface area contributed by atoms with Gasteiger partial charge in [-0.15, -0.1) is 0 Å². The molecule has 1 aliphatic rings. The van der Waals surface area contributed by atoms with Gasteiger partial charge >= 0.3 is 0 Å². The van der Waals surface area contributed by atoms with E-state index in [-0.39, 0.29) is 0 Å². The van der Waals surface area contributed by atoms with Gasteiger partial charge in [0.2, 0.25) is 0 Å². The van der Waals surface area contributed by atoms with Crippen molar-refractivity contribution in [1.29, 1.82) is 0 Å². The molecule has 4 rings (SSSR count). The zero-order valence-corrected chi connectivity index (χ0v) is 15.2. The molecule has 0 saturated carbocycles. The van der Waals surface area contributed by atoms with Crippen molar-refractivity contribution in [2.24, 2.45) is 0 Å². The molecular formula is C22H25N3O. The first-order valence-corrected chi connectivity index (χ1v) is 9.28. The number of rotatable bonds is 6. The Bertz CT molecular complexity index is 840. The molecule has 1 aliphatic carbocycles. The molecule has 4 nitrogen and oxygen atoms in total. The summed E-state index contributed by atoms with van der Waals surface area (Å²) in [6.07, 6.45) is 5.54. The fourth-order valence-electron chi connectivity index (χ4n) is 3.71. The van der Waals surface area contributed by atoms with Gasteiger partial charge in [0.05, 0.1) is 19.9 Å². The molecule has 0 spiro atoms. The molecule has 1 atom stereocenters. The monoisotopic (exact) mass is 347 g/mol. The normalized spacial score (nSPS) is 16.3. The first-order chi connectivity index (χ1) is 12.8. The Morgan fingerprint density at radius 3 is 2.65 bits per heavy atom. The highest BCUT2D eigenvalue weighted by atomic mass is 16.5. The SMILES string of the molecule is COc1ccc(CN[C@H]2CCCc3c2cnn3Cc2ccccc2)cc1. The van der Waals surface area contributed by atoms with E-state index in [0.29, 0.717) is 6.04 Å². The molecule has 0 radical (unpaired) electrons. The van der Waals surface area contributed by atoms with Gasteiger partial charge in [-0.3, -0.25) is 4.68 Å². The van der Waals surface area contributed by atoms with Gasteiger partial charge in [0.25, 0.3) is 0 Å². The second-order valence-electron chi connectivity index (χ2n) is 6.86. The van der Waals surface area contributed by atoms with Crippen LogP contribution in [0, 0.1) is 0 Å². The third kappa shape index (κ3) is 3.65. The van der Waals surface area contributed by atoms with Gasteiger partial charge in [0.15, 0.2) is 0 Å². The van der Waals surface area contributed by atoms with Crippen LogP contribution in [0.2, 0.25) is 0 Å². The molecule has 0 unspecified atom stereocenters. The molecule has 2 aromatic carbocycles. The van der Waals surface area contributed by atoms with E-state index in [0.717, 1.165) is 25.3 Å². The molecule has 1 aromatic heterocycles. The highest BCUT2D eigenvalue weighted by molar-refractivity contribution is 5.29. The molecule has 0 bridgehead atoms. The van der Waals surface area contributed by atoms with Crippen LogP contribution < -0.4 is 10.1 Å². The molecule has 1 N–H and O–H groups in total. The van der Waals surface area contributed by atoms with Crippen molar-refractivity contribution in [1.82, 2.24) is 15.1 Å². The maximum Gasteiger partial charge on any atom is 0.118 e. The van der Waals surface area contributed by atoms with Gasteiger partial charge in [-0.2, -0.15) is 5.10 Å². The van der Waals surface area contributed by atoms with Gasteiger partial charge in [-0.25, -0.2) is 0 Å². The van der Waals surface area contributed by atoms with E-state index in [2.05, 4.69) is 63.8 Å². The lowest BCUT2D eigenvalue weighted by molar-refractivity contribution is 0.414. The summed E-state index contributed by atoms with van der Waals surface area (Å²) in [5.74, 6) is 0.899. The van der Waals surface area contributed by atoms with Crippen LogP contribution in [-0.4, -0.2) is 16.9 Å². The molecular weight excluding hydrogens is 322 g/mol. The zero-order chi connectivity index (χ0) is 17.8. The minimum atomic E-state index is 0.380. The predicted molar refractivity (Wildman–Crippen MR) is 103 cm³/mol. The fraction of sp³-hybridized carbons (Fsp3) is 0.318. The number of aromatic nitrogens is 2. The Morgan fingerprint density at radius 1 is 1.08 bits per heavy atom. The summed E-state index contributed by atoms with van der Waals surface area (Å²) >= 11 is 0. The highest BCUT2D eigenvalue weighted by Crippen LogP contribution is 2.30. The third-order valence-electron chi connectivity index (χ3n) is 5.15. The molecule has 134 valence electrons. The lowest BCUT2D eigenvalue weighted by Crippen LogP contribution is -2.25. The average Bonchev–Trinajstić information content (AvgIpc) is 3.11. The Balaban J connectivity index is 1.45. The summed E-state index contributed by atoms with van der Waals surface area (Å²) in [5, 5.41) is 8.40. The number of hydrogen-bond donors (Lipinski definition) is 1. The second kappa shape index (κ2) is 7.75. The van der Waals surface area contributed by atoms with Crippen molar-refractivity contribution in [2.45, 2.75) is 38.4 Å². The van der Waals surface area contributed by atoms with Crippen LogP contribution in [0.5, 0.6) is 5.75 Å². The molecule has 0 saturated heterocycles. The molecule has 0 fully saturated rings. The Labute approximate surface area is 154 Å². The van der Waals surface area contributed by atoms with E-state index in [4.69, 9.17) is 4.74 Å². The van der Waals surface area contributed by atoms with Crippen molar-refractivity contribution >= 4 is 0 Å². The third-order valence-corrected chi connectivity index (χ3v) is 5.15. The van der Waals surface area contributed by atoms with Gasteiger partial charge < -0.3 is 10.1 Å². The first-order valence-electron chi connectivity index (χ1n) is 9.28. The van der Waals surface area contributed by atoms with Gasteiger partial charge in [-0.05, 0) is 42.5 Å². The molecule has 3 aromatic rings. The lowest BCUT2D eigenvalue weighted by atomic mass is 9.92. The van der Waals surface area contributed by atoms with Crippen LogP contribution in [0.15, 0.2) is 60.8 Å². The van der Waals surface area contributed by atoms with Crippen LogP contribution in [-0.2, 0) is 19.5 Å². The number of methoxy groups -OCH3 is 1. The summed E-state index contributed by atoms with van der Waals surface area (Å²) < 4.78 is 7.40. The topological polar surface area (TPSA) is 39.1 Å². The van der Waals surface area contributed by atoms with E-state index in [9.17, 15) is 0 Å². The maximum absolute atomic E-state index is 5.23.